The zero-order valence-electron chi connectivity index (χ0n) is 18.0. The fourth-order valence-electron chi connectivity index (χ4n) is 3.74. The summed E-state index contributed by atoms with van der Waals surface area (Å²) in [5, 5.41) is 11.6. The second-order valence-electron chi connectivity index (χ2n) is 7.69. The summed E-state index contributed by atoms with van der Waals surface area (Å²) in [5.74, 6) is -0.110. The lowest BCUT2D eigenvalue weighted by Crippen LogP contribution is -2.31. The summed E-state index contributed by atoms with van der Waals surface area (Å²) in [6, 6.07) is 21.1. The zero-order chi connectivity index (χ0) is 22.8. The highest BCUT2D eigenvalue weighted by molar-refractivity contribution is 7.13. The fourth-order valence-corrected chi connectivity index (χ4v) is 4.48. The number of fused-ring (bicyclic) bond motifs is 1. The van der Waals surface area contributed by atoms with E-state index in [0.717, 1.165) is 21.8 Å². The molecule has 5 rings (SSSR count). The summed E-state index contributed by atoms with van der Waals surface area (Å²) >= 11 is 1.62. The number of rotatable bonds is 6. The highest BCUT2D eigenvalue weighted by Gasteiger charge is 2.18. The monoisotopic (exact) mass is 455 g/mol. The first-order valence-corrected chi connectivity index (χ1v) is 11.3. The van der Waals surface area contributed by atoms with Gasteiger partial charge in [-0.15, -0.1) is 11.3 Å². The van der Waals surface area contributed by atoms with Gasteiger partial charge in [0, 0.05) is 30.7 Å². The number of aromatic nitrogens is 4. The lowest BCUT2D eigenvalue weighted by atomic mass is 10.2. The van der Waals surface area contributed by atoms with Crippen molar-refractivity contribution in [2.24, 2.45) is 0 Å². The molecule has 0 aliphatic carbocycles. The highest BCUT2D eigenvalue weighted by Crippen LogP contribution is 2.28. The van der Waals surface area contributed by atoms with E-state index in [0.29, 0.717) is 17.4 Å². The number of carbonyl (C=O) groups excluding carboxylic acids is 1. The number of hydrogen-bond donors (Lipinski definition) is 0. The molecule has 0 aliphatic heterocycles. The van der Waals surface area contributed by atoms with E-state index in [1.165, 1.54) is 6.20 Å². The van der Waals surface area contributed by atoms with Crippen molar-refractivity contribution in [3.63, 3.8) is 0 Å². The first kappa shape index (κ1) is 20.8. The molecule has 7 nitrogen and oxygen atoms in total. The molecule has 3 aromatic heterocycles. The highest BCUT2D eigenvalue weighted by atomic mass is 32.1. The number of carbonyl (C=O) groups is 1. The van der Waals surface area contributed by atoms with Crippen LogP contribution in [0.3, 0.4) is 0 Å². The predicted octanol–water partition coefficient (Wildman–Crippen LogP) is 3.97. The molecule has 0 N–H and O–H groups in total. The Hall–Kier alpha value is -4.04. The quantitative estimate of drug-likeness (QED) is 0.388. The van der Waals surface area contributed by atoms with Gasteiger partial charge in [-0.2, -0.15) is 10.2 Å². The van der Waals surface area contributed by atoms with Crippen molar-refractivity contribution in [1.29, 1.82) is 0 Å². The van der Waals surface area contributed by atoms with Crippen LogP contribution in [0, 0.1) is 0 Å². The molecule has 3 heterocycles. The Morgan fingerprint density at radius 2 is 1.82 bits per heavy atom. The van der Waals surface area contributed by atoms with Gasteiger partial charge in [-0.05, 0) is 35.7 Å². The molecule has 0 bridgehead atoms. The molecule has 0 fully saturated rings. The van der Waals surface area contributed by atoms with Crippen LogP contribution in [0.1, 0.15) is 5.56 Å². The third-order valence-corrected chi connectivity index (χ3v) is 6.32. The summed E-state index contributed by atoms with van der Waals surface area (Å²) in [6.45, 7) is 0.440. The number of thiophene rings is 1. The molecular weight excluding hydrogens is 434 g/mol. The lowest BCUT2D eigenvalue weighted by Gasteiger charge is -2.18. The van der Waals surface area contributed by atoms with E-state index in [1.807, 2.05) is 64.8 Å². The van der Waals surface area contributed by atoms with Gasteiger partial charge in [0.1, 0.15) is 12.2 Å². The topological polar surface area (TPSA) is 73.0 Å². The molecule has 0 aliphatic rings. The van der Waals surface area contributed by atoms with E-state index >= 15 is 0 Å². The van der Waals surface area contributed by atoms with Crippen LogP contribution in [-0.2, 0) is 17.9 Å². The molecular formula is C25H21N5O2S. The molecule has 8 heteroatoms. The van der Waals surface area contributed by atoms with Crippen LogP contribution < -0.4 is 5.43 Å². The molecule has 0 saturated heterocycles. The van der Waals surface area contributed by atoms with Gasteiger partial charge < -0.3 is 4.90 Å². The van der Waals surface area contributed by atoms with Crippen molar-refractivity contribution < 1.29 is 4.79 Å². The van der Waals surface area contributed by atoms with Gasteiger partial charge in [-0.25, -0.2) is 4.68 Å². The van der Waals surface area contributed by atoms with Gasteiger partial charge in [-0.1, -0.05) is 36.4 Å². The van der Waals surface area contributed by atoms with E-state index in [4.69, 9.17) is 5.10 Å². The maximum atomic E-state index is 13.1. The van der Waals surface area contributed by atoms with Gasteiger partial charge in [0.05, 0.1) is 22.3 Å². The number of benzene rings is 2. The Morgan fingerprint density at radius 1 is 1.03 bits per heavy atom. The second kappa shape index (κ2) is 8.84. The number of nitrogens with zero attached hydrogens (tertiary/aromatic N) is 5. The van der Waals surface area contributed by atoms with Crippen LogP contribution in [0.2, 0.25) is 0 Å². The van der Waals surface area contributed by atoms with Gasteiger partial charge in [-0.3, -0.25) is 14.3 Å². The largest absolute Gasteiger partial charge is 0.340 e. The molecule has 0 radical (unpaired) electrons. The number of hydrogen-bond acceptors (Lipinski definition) is 5. The van der Waals surface area contributed by atoms with Crippen LogP contribution in [0.15, 0.2) is 89.3 Å². The Kier molecular flexibility index (Phi) is 5.58. The zero-order valence-corrected chi connectivity index (χ0v) is 18.8. The SMILES string of the molecule is CN(Cc1cn(-c2ccccc2)nc1-c1cccs1)C(=O)Cn1ncc(=O)c2ccccc21. The Bertz CT molecular complexity index is 1470. The summed E-state index contributed by atoms with van der Waals surface area (Å²) in [6.07, 6.45) is 3.23. The van der Waals surface area contributed by atoms with Crippen molar-refractivity contribution in [1.82, 2.24) is 24.5 Å². The molecule has 0 spiro atoms. The van der Waals surface area contributed by atoms with Crippen molar-refractivity contribution in [3.05, 3.63) is 100 Å². The standard InChI is InChI=1S/C25H21N5O2S/c1-28(24(32)17-30-21-11-6-5-10-20(21)22(31)14-26-30)15-18-16-29(19-8-3-2-4-9-19)27-25(18)23-12-7-13-33-23/h2-14,16H,15,17H2,1H3. The average molecular weight is 456 g/mol. The molecule has 164 valence electrons. The minimum Gasteiger partial charge on any atom is -0.340 e. The van der Waals surface area contributed by atoms with E-state index in [-0.39, 0.29) is 17.9 Å². The summed E-state index contributed by atoms with van der Waals surface area (Å²) in [4.78, 5) is 27.9. The molecule has 33 heavy (non-hydrogen) atoms. The van der Waals surface area contributed by atoms with Crippen molar-refractivity contribution in [2.75, 3.05) is 7.05 Å². The first-order valence-electron chi connectivity index (χ1n) is 10.5. The number of likely N-dealkylation sites (N-methyl/N-ethyl adjacent to an activating group) is 1. The maximum Gasteiger partial charge on any atom is 0.244 e. The smallest absolute Gasteiger partial charge is 0.244 e. The van der Waals surface area contributed by atoms with Gasteiger partial charge in [0.25, 0.3) is 0 Å². The number of amides is 1. The average Bonchev–Trinajstić information content (AvgIpc) is 3.52. The first-order chi connectivity index (χ1) is 16.1. The second-order valence-corrected chi connectivity index (χ2v) is 8.64. The van der Waals surface area contributed by atoms with Crippen LogP contribution in [0.4, 0.5) is 0 Å². The van der Waals surface area contributed by atoms with E-state index < -0.39 is 0 Å². The molecule has 0 unspecified atom stereocenters. The number of para-hydroxylation sites is 2. The van der Waals surface area contributed by atoms with Gasteiger partial charge in [0.2, 0.25) is 11.3 Å². The Labute approximate surface area is 194 Å². The van der Waals surface area contributed by atoms with Crippen molar-refractivity contribution in [3.8, 4) is 16.3 Å². The third-order valence-electron chi connectivity index (χ3n) is 5.45. The maximum absolute atomic E-state index is 13.1. The van der Waals surface area contributed by atoms with Gasteiger partial charge in [0.15, 0.2) is 0 Å². The Morgan fingerprint density at radius 3 is 2.61 bits per heavy atom. The summed E-state index contributed by atoms with van der Waals surface area (Å²) in [5.41, 5.74) is 3.26. The predicted molar refractivity (Wildman–Crippen MR) is 129 cm³/mol. The Balaban J connectivity index is 1.42. The molecule has 0 saturated carbocycles. The third kappa shape index (κ3) is 4.20. The van der Waals surface area contributed by atoms with Crippen LogP contribution >= 0.6 is 11.3 Å². The van der Waals surface area contributed by atoms with Crippen molar-refractivity contribution in [2.45, 2.75) is 13.1 Å². The molecule has 2 aromatic carbocycles. The van der Waals surface area contributed by atoms with Crippen LogP contribution in [-0.4, -0.2) is 37.4 Å². The summed E-state index contributed by atoms with van der Waals surface area (Å²) < 4.78 is 3.42. The minimum absolute atomic E-state index is 0.0401. The molecule has 0 atom stereocenters. The minimum atomic E-state index is -0.156. The van der Waals surface area contributed by atoms with E-state index in [1.54, 1.807) is 46.2 Å². The lowest BCUT2D eigenvalue weighted by molar-refractivity contribution is -0.131. The fraction of sp³-hybridized carbons (Fsp3) is 0.120. The molecule has 5 aromatic rings. The normalized spacial score (nSPS) is 11.1. The van der Waals surface area contributed by atoms with E-state index in [9.17, 15) is 9.59 Å². The van der Waals surface area contributed by atoms with Crippen LogP contribution in [0.5, 0.6) is 0 Å². The van der Waals surface area contributed by atoms with Crippen molar-refractivity contribution >= 4 is 28.1 Å². The summed E-state index contributed by atoms with van der Waals surface area (Å²) in [7, 11) is 1.77. The van der Waals surface area contributed by atoms with E-state index in [2.05, 4.69) is 5.10 Å². The van der Waals surface area contributed by atoms with Gasteiger partial charge >= 0.3 is 0 Å². The molecule has 1 amide bonds. The van der Waals surface area contributed by atoms with Crippen LogP contribution in [0.25, 0.3) is 27.2 Å².